The molecule has 1 aromatic carbocycles. The molecule has 2 amide bonds. The van der Waals surface area contributed by atoms with Crippen LogP contribution in [0.5, 0.6) is 0 Å². The van der Waals surface area contributed by atoms with Crippen LogP contribution < -0.4 is 10.6 Å². The number of morpholine rings is 1. The van der Waals surface area contributed by atoms with E-state index in [0.717, 1.165) is 50.5 Å². The van der Waals surface area contributed by atoms with Crippen LogP contribution in [-0.4, -0.2) is 76.3 Å². The van der Waals surface area contributed by atoms with Gasteiger partial charge in [0.2, 0.25) is 0 Å². The van der Waals surface area contributed by atoms with Crippen LogP contribution >= 0.6 is 0 Å². The van der Waals surface area contributed by atoms with Crippen LogP contribution in [0, 0.1) is 6.92 Å². The summed E-state index contributed by atoms with van der Waals surface area (Å²) in [6.45, 7) is 6.53. The third kappa shape index (κ3) is 5.31. The van der Waals surface area contributed by atoms with E-state index in [1.807, 2.05) is 6.92 Å². The lowest BCUT2D eigenvalue weighted by molar-refractivity contribution is -0.136. The first-order valence-corrected chi connectivity index (χ1v) is 8.87. The summed E-state index contributed by atoms with van der Waals surface area (Å²) in [5.74, 6) is -1.32. The van der Waals surface area contributed by atoms with E-state index >= 15 is 0 Å². The molecule has 1 aromatic heterocycles. The zero-order chi connectivity index (χ0) is 19.1. The highest BCUT2D eigenvalue weighted by Crippen LogP contribution is 2.17. The number of hydrogen-bond acceptors (Lipinski definition) is 7. The Labute approximate surface area is 156 Å². The Kier molecular flexibility index (Phi) is 6.44. The molecule has 0 unspecified atom stereocenters. The molecule has 144 valence electrons. The maximum Gasteiger partial charge on any atom is 0.313 e. The number of tetrazole rings is 1. The maximum absolute atomic E-state index is 12.0. The Bertz CT molecular complexity index is 773. The second kappa shape index (κ2) is 9.19. The molecule has 10 heteroatoms. The predicted octanol–water partition coefficient (Wildman–Crippen LogP) is -0.252. The van der Waals surface area contributed by atoms with Gasteiger partial charge in [-0.2, -0.15) is 0 Å². The third-order valence-corrected chi connectivity index (χ3v) is 4.30. The van der Waals surface area contributed by atoms with Crippen LogP contribution in [0.15, 0.2) is 24.5 Å². The second-order valence-electron chi connectivity index (χ2n) is 6.27. The Morgan fingerprint density at radius 3 is 2.74 bits per heavy atom. The summed E-state index contributed by atoms with van der Waals surface area (Å²) in [7, 11) is 0. The van der Waals surface area contributed by atoms with Crippen molar-refractivity contribution in [3.8, 4) is 5.69 Å². The molecule has 0 bridgehead atoms. The van der Waals surface area contributed by atoms with Crippen LogP contribution in [-0.2, 0) is 14.3 Å². The number of amides is 2. The highest BCUT2D eigenvalue weighted by Gasteiger charge is 2.15. The van der Waals surface area contributed by atoms with E-state index in [0.29, 0.717) is 12.2 Å². The van der Waals surface area contributed by atoms with Gasteiger partial charge in [-0.1, -0.05) is 0 Å². The first-order chi connectivity index (χ1) is 13.1. The van der Waals surface area contributed by atoms with Gasteiger partial charge < -0.3 is 15.4 Å². The van der Waals surface area contributed by atoms with Gasteiger partial charge in [-0.15, -0.1) is 5.10 Å². The molecule has 1 fully saturated rings. The zero-order valence-corrected chi connectivity index (χ0v) is 15.2. The van der Waals surface area contributed by atoms with Gasteiger partial charge >= 0.3 is 11.8 Å². The van der Waals surface area contributed by atoms with E-state index < -0.39 is 11.8 Å². The maximum atomic E-state index is 12.0. The van der Waals surface area contributed by atoms with E-state index in [1.165, 1.54) is 11.0 Å². The van der Waals surface area contributed by atoms with Crippen molar-refractivity contribution in [2.24, 2.45) is 0 Å². The summed E-state index contributed by atoms with van der Waals surface area (Å²) < 4.78 is 6.82. The molecule has 0 saturated carbocycles. The molecule has 2 N–H and O–H groups in total. The fourth-order valence-electron chi connectivity index (χ4n) is 2.86. The number of rotatable bonds is 6. The molecule has 10 nitrogen and oxygen atoms in total. The van der Waals surface area contributed by atoms with Crippen LogP contribution in [0.1, 0.15) is 12.0 Å². The Morgan fingerprint density at radius 2 is 2.04 bits per heavy atom. The van der Waals surface area contributed by atoms with Crippen LogP contribution in [0.2, 0.25) is 0 Å². The lowest BCUT2D eigenvalue weighted by atomic mass is 10.2. The fraction of sp³-hybridized carbons (Fsp3) is 0.471. The minimum atomic E-state index is -0.684. The van der Waals surface area contributed by atoms with Crippen molar-refractivity contribution in [1.29, 1.82) is 0 Å². The number of anilines is 1. The number of aromatic nitrogens is 4. The summed E-state index contributed by atoms with van der Waals surface area (Å²) in [6, 6.07) is 5.25. The van der Waals surface area contributed by atoms with E-state index in [2.05, 4.69) is 31.1 Å². The molecule has 0 atom stereocenters. The van der Waals surface area contributed by atoms with Crippen molar-refractivity contribution in [1.82, 2.24) is 30.4 Å². The van der Waals surface area contributed by atoms with Gasteiger partial charge in [0.15, 0.2) is 0 Å². The highest BCUT2D eigenvalue weighted by atomic mass is 16.5. The standard InChI is InChI=1S/C17H23N7O3/c1-13-11-14(3-4-15(13)24-12-19-21-22-24)20-17(26)16(25)18-5-2-6-23-7-9-27-10-8-23/h3-4,11-12H,2,5-10H2,1H3,(H,18,25)(H,20,26). The molecule has 1 saturated heterocycles. The molecular weight excluding hydrogens is 350 g/mol. The summed E-state index contributed by atoms with van der Waals surface area (Å²) >= 11 is 0. The number of nitrogens with zero attached hydrogens (tertiary/aromatic N) is 5. The summed E-state index contributed by atoms with van der Waals surface area (Å²) in [6.07, 6.45) is 2.28. The van der Waals surface area contributed by atoms with E-state index in [9.17, 15) is 9.59 Å². The zero-order valence-electron chi connectivity index (χ0n) is 15.2. The average molecular weight is 373 g/mol. The molecule has 0 aliphatic carbocycles. The van der Waals surface area contributed by atoms with Gasteiger partial charge in [0.25, 0.3) is 0 Å². The van der Waals surface area contributed by atoms with Crippen LogP contribution in [0.4, 0.5) is 5.69 Å². The minimum Gasteiger partial charge on any atom is -0.379 e. The first kappa shape index (κ1) is 18.9. The van der Waals surface area contributed by atoms with E-state index in [1.54, 1.807) is 18.2 Å². The topological polar surface area (TPSA) is 114 Å². The van der Waals surface area contributed by atoms with Gasteiger partial charge in [-0.3, -0.25) is 14.5 Å². The average Bonchev–Trinajstić information content (AvgIpc) is 3.20. The largest absolute Gasteiger partial charge is 0.379 e. The molecule has 0 spiro atoms. The van der Waals surface area contributed by atoms with Gasteiger partial charge in [0.1, 0.15) is 6.33 Å². The molecule has 2 aromatic rings. The predicted molar refractivity (Wildman–Crippen MR) is 97.4 cm³/mol. The number of ether oxygens (including phenoxy) is 1. The quantitative estimate of drug-likeness (QED) is 0.530. The SMILES string of the molecule is Cc1cc(NC(=O)C(=O)NCCCN2CCOCC2)ccc1-n1cnnn1. The van der Waals surface area contributed by atoms with Crippen molar-refractivity contribution in [3.05, 3.63) is 30.1 Å². The van der Waals surface area contributed by atoms with Crippen molar-refractivity contribution < 1.29 is 14.3 Å². The third-order valence-electron chi connectivity index (χ3n) is 4.30. The number of hydrogen-bond donors (Lipinski definition) is 2. The van der Waals surface area contributed by atoms with E-state index in [4.69, 9.17) is 4.74 Å². The summed E-state index contributed by atoms with van der Waals surface area (Å²) in [5.41, 5.74) is 2.20. The van der Waals surface area contributed by atoms with Crippen molar-refractivity contribution in [2.45, 2.75) is 13.3 Å². The Morgan fingerprint density at radius 1 is 1.22 bits per heavy atom. The summed E-state index contributed by atoms with van der Waals surface area (Å²) in [4.78, 5) is 26.3. The first-order valence-electron chi connectivity index (χ1n) is 8.87. The Hall–Kier alpha value is -2.85. The molecule has 1 aliphatic heterocycles. The van der Waals surface area contributed by atoms with Crippen molar-refractivity contribution in [3.63, 3.8) is 0 Å². The lowest BCUT2D eigenvalue weighted by Crippen LogP contribution is -2.39. The number of aryl methyl sites for hydroxylation is 1. The van der Waals surface area contributed by atoms with Crippen molar-refractivity contribution in [2.75, 3.05) is 44.7 Å². The smallest absolute Gasteiger partial charge is 0.313 e. The number of benzene rings is 1. The van der Waals surface area contributed by atoms with Gasteiger partial charge in [0, 0.05) is 25.3 Å². The number of nitrogens with one attached hydrogen (secondary N) is 2. The second-order valence-corrected chi connectivity index (χ2v) is 6.27. The lowest BCUT2D eigenvalue weighted by Gasteiger charge is -2.26. The number of carbonyl (C=O) groups is 2. The van der Waals surface area contributed by atoms with Gasteiger partial charge in [0.05, 0.1) is 18.9 Å². The van der Waals surface area contributed by atoms with Crippen LogP contribution in [0.25, 0.3) is 5.69 Å². The monoisotopic (exact) mass is 373 g/mol. The van der Waals surface area contributed by atoms with Crippen LogP contribution in [0.3, 0.4) is 0 Å². The van der Waals surface area contributed by atoms with E-state index in [-0.39, 0.29) is 0 Å². The Balaban J connectivity index is 1.44. The molecule has 1 aliphatic rings. The summed E-state index contributed by atoms with van der Waals surface area (Å²) in [5, 5.41) is 16.3. The fourth-order valence-corrected chi connectivity index (χ4v) is 2.86. The molecular formula is C17H23N7O3. The van der Waals surface area contributed by atoms with Crippen molar-refractivity contribution >= 4 is 17.5 Å². The number of carbonyl (C=O) groups excluding carboxylic acids is 2. The van der Waals surface area contributed by atoms with Gasteiger partial charge in [-0.25, -0.2) is 4.68 Å². The minimum absolute atomic E-state index is 0.459. The normalized spacial score (nSPS) is 14.7. The molecule has 3 rings (SSSR count). The molecule has 27 heavy (non-hydrogen) atoms. The highest BCUT2D eigenvalue weighted by molar-refractivity contribution is 6.39. The molecule has 0 radical (unpaired) electrons. The molecule has 2 heterocycles. The van der Waals surface area contributed by atoms with Gasteiger partial charge in [-0.05, 0) is 54.1 Å².